The van der Waals surface area contributed by atoms with E-state index in [9.17, 15) is 4.79 Å². The number of rotatable bonds is 5. The minimum atomic E-state index is -0.0705. The minimum absolute atomic E-state index is 0.0502. The second kappa shape index (κ2) is 7.07. The number of hydrogen-bond acceptors (Lipinski definition) is 3. The van der Waals surface area contributed by atoms with Crippen molar-refractivity contribution in [2.45, 2.75) is 25.4 Å². The quantitative estimate of drug-likeness (QED) is 0.871. The molecule has 1 amide bonds. The number of nitrogens with one attached hydrogen (secondary N) is 2. The molecule has 0 aliphatic carbocycles. The molecule has 4 nitrogen and oxygen atoms in total. The molecule has 1 fully saturated rings. The first-order valence-corrected chi connectivity index (χ1v) is 7.41. The number of carbonyl (C=O) groups is 1. The second-order valence-corrected chi connectivity index (χ2v) is 5.73. The molecule has 5 heteroatoms. The van der Waals surface area contributed by atoms with Gasteiger partial charge in [0.1, 0.15) is 0 Å². The molecule has 20 heavy (non-hydrogen) atoms. The van der Waals surface area contributed by atoms with Crippen LogP contribution in [0.4, 0.5) is 0 Å². The van der Waals surface area contributed by atoms with Crippen LogP contribution in [0, 0.1) is 0 Å². The summed E-state index contributed by atoms with van der Waals surface area (Å²) in [5.74, 6) is 0.0502. The van der Waals surface area contributed by atoms with Crippen molar-refractivity contribution < 1.29 is 4.79 Å². The molecule has 1 aliphatic heterocycles. The Morgan fingerprint density at radius 1 is 1.50 bits per heavy atom. The number of amides is 1. The van der Waals surface area contributed by atoms with E-state index in [-0.39, 0.29) is 11.9 Å². The van der Waals surface area contributed by atoms with Gasteiger partial charge in [0.2, 0.25) is 5.91 Å². The standard InChI is InChI=1S/C15H22ClN3O/c1-11(13-5-3-4-6-14(13)16)18-15(20)10-19-8-7-12(9-19)17-2/h3-6,11-12,17H,7-10H2,1-2H3,(H,18,20). The van der Waals surface area contributed by atoms with Crippen molar-refractivity contribution in [3.63, 3.8) is 0 Å². The number of likely N-dealkylation sites (N-methyl/N-ethyl adjacent to an activating group) is 1. The second-order valence-electron chi connectivity index (χ2n) is 5.32. The van der Waals surface area contributed by atoms with Crippen molar-refractivity contribution in [2.75, 3.05) is 26.7 Å². The van der Waals surface area contributed by atoms with Crippen molar-refractivity contribution >= 4 is 17.5 Å². The van der Waals surface area contributed by atoms with E-state index in [1.807, 2.05) is 38.2 Å². The lowest BCUT2D eigenvalue weighted by Crippen LogP contribution is -2.38. The van der Waals surface area contributed by atoms with Gasteiger partial charge in [0.25, 0.3) is 0 Å². The van der Waals surface area contributed by atoms with Gasteiger partial charge in [-0.05, 0) is 32.0 Å². The van der Waals surface area contributed by atoms with Gasteiger partial charge in [-0.1, -0.05) is 29.8 Å². The first-order valence-electron chi connectivity index (χ1n) is 7.03. The van der Waals surface area contributed by atoms with Gasteiger partial charge in [0, 0.05) is 24.2 Å². The Bertz CT molecular complexity index is 466. The maximum atomic E-state index is 12.1. The van der Waals surface area contributed by atoms with Crippen LogP contribution in [-0.2, 0) is 4.79 Å². The summed E-state index contributed by atoms with van der Waals surface area (Å²) in [6, 6.07) is 8.05. The highest BCUT2D eigenvalue weighted by Gasteiger charge is 2.23. The van der Waals surface area contributed by atoms with Crippen LogP contribution in [0.5, 0.6) is 0 Å². The SMILES string of the molecule is CNC1CCN(CC(=O)NC(C)c2ccccc2Cl)C1. The van der Waals surface area contributed by atoms with E-state index in [2.05, 4.69) is 15.5 Å². The van der Waals surface area contributed by atoms with Crippen LogP contribution in [0.25, 0.3) is 0 Å². The van der Waals surface area contributed by atoms with E-state index in [4.69, 9.17) is 11.6 Å². The number of halogens is 1. The lowest BCUT2D eigenvalue weighted by Gasteiger charge is -2.19. The Morgan fingerprint density at radius 2 is 2.25 bits per heavy atom. The van der Waals surface area contributed by atoms with E-state index in [1.54, 1.807) is 0 Å². The molecular weight excluding hydrogens is 274 g/mol. The molecule has 1 heterocycles. The zero-order valence-electron chi connectivity index (χ0n) is 12.0. The molecule has 0 bridgehead atoms. The van der Waals surface area contributed by atoms with Gasteiger partial charge in [-0.2, -0.15) is 0 Å². The fourth-order valence-corrected chi connectivity index (χ4v) is 2.91. The Morgan fingerprint density at radius 3 is 2.90 bits per heavy atom. The number of likely N-dealkylation sites (tertiary alicyclic amines) is 1. The summed E-state index contributed by atoms with van der Waals surface area (Å²) in [6.45, 7) is 4.32. The van der Waals surface area contributed by atoms with Crippen molar-refractivity contribution in [2.24, 2.45) is 0 Å². The molecule has 1 aliphatic rings. The fraction of sp³-hybridized carbons (Fsp3) is 0.533. The van der Waals surface area contributed by atoms with Crippen LogP contribution >= 0.6 is 11.6 Å². The van der Waals surface area contributed by atoms with Crippen LogP contribution in [0.1, 0.15) is 24.9 Å². The molecule has 0 saturated carbocycles. The molecule has 1 saturated heterocycles. The molecule has 2 unspecified atom stereocenters. The van der Waals surface area contributed by atoms with Crippen molar-refractivity contribution in [1.82, 2.24) is 15.5 Å². The van der Waals surface area contributed by atoms with Gasteiger partial charge in [-0.3, -0.25) is 9.69 Å². The highest BCUT2D eigenvalue weighted by atomic mass is 35.5. The third-order valence-corrected chi connectivity index (χ3v) is 4.14. The van der Waals surface area contributed by atoms with Gasteiger partial charge in [-0.25, -0.2) is 0 Å². The summed E-state index contributed by atoms with van der Waals surface area (Å²) in [5, 5.41) is 6.95. The Labute approximate surface area is 125 Å². The van der Waals surface area contributed by atoms with E-state index in [0.717, 1.165) is 25.1 Å². The number of carbonyl (C=O) groups excluding carboxylic acids is 1. The Kier molecular flexibility index (Phi) is 5.40. The molecule has 0 radical (unpaired) electrons. The van der Waals surface area contributed by atoms with Gasteiger partial charge >= 0.3 is 0 Å². The van der Waals surface area contributed by atoms with Crippen molar-refractivity contribution in [3.8, 4) is 0 Å². The molecule has 0 aromatic heterocycles. The zero-order valence-corrected chi connectivity index (χ0v) is 12.8. The summed E-state index contributed by atoms with van der Waals surface area (Å²) >= 11 is 6.14. The van der Waals surface area contributed by atoms with Crippen LogP contribution in [0.15, 0.2) is 24.3 Å². The van der Waals surface area contributed by atoms with Crippen LogP contribution in [-0.4, -0.2) is 43.5 Å². The molecule has 2 atom stereocenters. The van der Waals surface area contributed by atoms with Crippen molar-refractivity contribution in [1.29, 1.82) is 0 Å². The maximum absolute atomic E-state index is 12.1. The van der Waals surface area contributed by atoms with Gasteiger partial charge < -0.3 is 10.6 Å². The summed E-state index contributed by atoms with van der Waals surface area (Å²) in [4.78, 5) is 14.2. The molecular formula is C15H22ClN3O. The van der Waals surface area contributed by atoms with Crippen LogP contribution in [0.3, 0.4) is 0 Å². The molecule has 2 rings (SSSR count). The van der Waals surface area contributed by atoms with E-state index >= 15 is 0 Å². The molecule has 1 aromatic carbocycles. The lowest BCUT2D eigenvalue weighted by molar-refractivity contribution is -0.122. The first kappa shape index (κ1) is 15.3. The van der Waals surface area contributed by atoms with E-state index < -0.39 is 0 Å². The Hall–Kier alpha value is -1.10. The van der Waals surface area contributed by atoms with Gasteiger partial charge in [0.15, 0.2) is 0 Å². The summed E-state index contributed by atoms with van der Waals surface area (Å²) < 4.78 is 0. The minimum Gasteiger partial charge on any atom is -0.348 e. The van der Waals surface area contributed by atoms with Crippen LogP contribution < -0.4 is 10.6 Å². The number of hydrogen-bond donors (Lipinski definition) is 2. The third-order valence-electron chi connectivity index (χ3n) is 3.80. The number of nitrogens with zero attached hydrogens (tertiary/aromatic N) is 1. The summed E-state index contributed by atoms with van der Waals surface area (Å²) in [6.07, 6.45) is 1.10. The molecule has 110 valence electrons. The summed E-state index contributed by atoms with van der Waals surface area (Å²) in [5.41, 5.74) is 0.956. The van der Waals surface area contributed by atoms with Gasteiger partial charge in [0.05, 0.1) is 12.6 Å². The monoisotopic (exact) mass is 295 g/mol. The third kappa shape index (κ3) is 3.95. The predicted octanol–water partition coefficient (Wildman–Crippen LogP) is 1.81. The number of benzene rings is 1. The Balaban J connectivity index is 1.84. The predicted molar refractivity (Wildman–Crippen MR) is 81.9 cm³/mol. The highest BCUT2D eigenvalue weighted by molar-refractivity contribution is 6.31. The lowest BCUT2D eigenvalue weighted by atomic mass is 10.1. The largest absolute Gasteiger partial charge is 0.348 e. The maximum Gasteiger partial charge on any atom is 0.234 e. The van der Waals surface area contributed by atoms with E-state index in [0.29, 0.717) is 17.6 Å². The molecule has 0 spiro atoms. The summed E-state index contributed by atoms with van der Waals surface area (Å²) in [7, 11) is 1.97. The zero-order chi connectivity index (χ0) is 14.5. The van der Waals surface area contributed by atoms with Crippen molar-refractivity contribution in [3.05, 3.63) is 34.9 Å². The normalized spacial score (nSPS) is 20.9. The first-order chi connectivity index (χ1) is 9.60. The smallest absolute Gasteiger partial charge is 0.234 e. The van der Waals surface area contributed by atoms with E-state index in [1.165, 1.54) is 0 Å². The van der Waals surface area contributed by atoms with Crippen LogP contribution in [0.2, 0.25) is 5.02 Å². The fourth-order valence-electron chi connectivity index (χ4n) is 2.61. The highest BCUT2D eigenvalue weighted by Crippen LogP contribution is 2.22. The average molecular weight is 296 g/mol. The molecule has 1 aromatic rings. The average Bonchev–Trinajstić information content (AvgIpc) is 2.86. The van der Waals surface area contributed by atoms with Gasteiger partial charge in [-0.15, -0.1) is 0 Å². The molecule has 2 N–H and O–H groups in total. The topological polar surface area (TPSA) is 44.4 Å².